The number of benzene rings is 2. The maximum atomic E-state index is 12.3. The lowest BCUT2D eigenvalue weighted by atomic mass is 9.94. The van der Waals surface area contributed by atoms with Gasteiger partial charge in [0.2, 0.25) is 0 Å². The molecule has 130 valence electrons. The number of nitrogens with one attached hydrogen (secondary N) is 1. The minimum Gasteiger partial charge on any atom is -0.506 e. The normalized spacial score (nSPS) is 19.5. The van der Waals surface area contributed by atoms with E-state index in [2.05, 4.69) is 37.3 Å². The molecule has 3 rings (SSSR count). The van der Waals surface area contributed by atoms with Gasteiger partial charge in [0.25, 0.3) is 11.8 Å². The lowest BCUT2D eigenvalue weighted by molar-refractivity contribution is -0.149. The molecule has 25 heavy (non-hydrogen) atoms. The highest BCUT2D eigenvalue weighted by atomic mass is 79.9. The van der Waals surface area contributed by atoms with Crippen LogP contribution in [0.1, 0.15) is 22.0 Å². The van der Waals surface area contributed by atoms with Crippen molar-refractivity contribution in [2.75, 3.05) is 5.73 Å². The van der Waals surface area contributed by atoms with Gasteiger partial charge in [0, 0.05) is 21.3 Å². The molecule has 2 aromatic carbocycles. The van der Waals surface area contributed by atoms with Crippen LogP contribution in [-0.4, -0.2) is 27.3 Å². The summed E-state index contributed by atoms with van der Waals surface area (Å²) in [4.78, 5) is 24.4. The van der Waals surface area contributed by atoms with Crippen molar-refractivity contribution in [1.29, 1.82) is 0 Å². The average Bonchev–Trinajstić information content (AvgIpc) is 2.58. The second-order valence-electron chi connectivity index (χ2n) is 5.44. The Kier molecular flexibility index (Phi) is 4.95. The molecule has 0 spiro atoms. The Bertz CT molecular complexity index is 860. The molecule has 0 aliphatic carbocycles. The number of rotatable bonds is 3. The van der Waals surface area contributed by atoms with E-state index in [1.54, 1.807) is 36.4 Å². The highest BCUT2D eigenvalue weighted by Gasteiger charge is 2.49. The smallest absolute Gasteiger partial charge is 0.269 e. The summed E-state index contributed by atoms with van der Waals surface area (Å²) < 4.78 is 1.14. The summed E-state index contributed by atoms with van der Waals surface area (Å²) in [5, 5.41) is 10.5. The summed E-state index contributed by atoms with van der Waals surface area (Å²) in [6.45, 7) is 0. The van der Waals surface area contributed by atoms with Crippen molar-refractivity contribution in [3.8, 4) is 5.75 Å². The van der Waals surface area contributed by atoms with Crippen molar-refractivity contribution >= 4 is 61.0 Å². The number of alkyl halides is 1. The number of β-lactam (4-membered cyclic amide) rings is 1. The number of hydrogen-bond acceptors (Lipinski definition) is 4. The molecule has 2 aromatic rings. The zero-order chi connectivity index (χ0) is 18.3. The van der Waals surface area contributed by atoms with Crippen LogP contribution < -0.4 is 11.2 Å². The lowest BCUT2D eigenvalue weighted by Gasteiger charge is -2.44. The average molecular weight is 490 g/mol. The molecule has 0 bridgehead atoms. The Morgan fingerprint density at radius 1 is 1.24 bits per heavy atom. The molecule has 4 N–H and O–H groups in total. The van der Waals surface area contributed by atoms with Gasteiger partial charge in [-0.2, -0.15) is 0 Å². The van der Waals surface area contributed by atoms with Gasteiger partial charge >= 0.3 is 0 Å². The van der Waals surface area contributed by atoms with Crippen molar-refractivity contribution in [2.45, 2.75) is 11.4 Å². The third kappa shape index (κ3) is 3.33. The van der Waals surface area contributed by atoms with Crippen LogP contribution in [0, 0.1) is 0 Å². The van der Waals surface area contributed by atoms with E-state index in [1.165, 1.54) is 0 Å². The molecule has 0 saturated carbocycles. The quantitative estimate of drug-likeness (QED) is 0.350. The second-order valence-corrected chi connectivity index (χ2v) is 7.68. The Balaban J connectivity index is 1.87. The Morgan fingerprint density at radius 3 is 2.52 bits per heavy atom. The number of nitrogen functional groups attached to an aromatic ring is 1. The first kappa shape index (κ1) is 18.0. The first-order chi connectivity index (χ1) is 11.8. The SMILES string of the molecule is Nc1ccc(C(=O)NN2C(=O)[C@@H](Cl)[C@@H]2c2cc(Br)cc(Br)c2O)cc1. The molecule has 2 amide bonds. The topological polar surface area (TPSA) is 95.7 Å². The first-order valence-corrected chi connectivity index (χ1v) is 9.13. The van der Waals surface area contributed by atoms with E-state index in [4.69, 9.17) is 17.3 Å². The number of aromatic hydroxyl groups is 1. The monoisotopic (exact) mass is 487 g/mol. The Morgan fingerprint density at radius 2 is 1.88 bits per heavy atom. The van der Waals surface area contributed by atoms with E-state index < -0.39 is 23.2 Å². The van der Waals surface area contributed by atoms with Gasteiger partial charge in [-0.1, -0.05) is 15.9 Å². The van der Waals surface area contributed by atoms with Crippen molar-refractivity contribution in [3.63, 3.8) is 0 Å². The molecular formula is C16H12Br2ClN3O3. The van der Waals surface area contributed by atoms with Crippen LogP contribution in [0.2, 0.25) is 0 Å². The van der Waals surface area contributed by atoms with Crippen molar-refractivity contribution in [2.24, 2.45) is 0 Å². The predicted molar refractivity (Wildman–Crippen MR) is 101 cm³/mol. The summed E-state index contributed by atoms with van der Waals surface area (Å²) in [6.07, 6.45) is 0. The molecular weight excluding hydrogens is 477 g/mol. The van der Waals surface area contributed by atoms with Crippen molar-refractivity contribution in [3.05, 3.63) is 56.5 Å². The van der Waals surface area contributed by atoms with Gasteiger partial charge in [0.1, 0.15) is 17.2 Å². The maximum absolute atomic E-state index is 12.3. The first-order valence-electron chi connectivity index (χ1n) is 7.11. The maximum Gasteiger partial charge on any atom is 0.269 e. The van der Waals surface area contributed by atoms with Crippen LogP contribution >= 0.6 is 43.5 Å². The van der Waals surface area contributed by atoms with Crippen LogP contribution in [0.25, 0.3) is 0 Å². The summed E-state index contributed by atoms with van der Waals surface area (Å²) >= 11 is 12.7. The van der Waals surface area contributed by atoms with Gasteiger partial charge in [-0.25, -0.2) is 5.01 Å². The number of carbonyl (C=O) groups excluding carboxylic acids is 2. The van der Waals surface area contributed by atoms with Crippen LogP contribution in [0.15, 0.2) is 45.3 Å². The number of halogens is 3. The number of carbonyl (C=O) groups is 2. The highest BCUT2D eigenvalue weighted by molar-refractivity contribution is 9.11. The van der Waals surface area contributed by atoms with Gasteiger partial charge < -0.3 is 10.8 Å². The lowest BCUT2D eigenvalue weighted by Crippen LogP contribution is -2.63. The standard InChI is InChI=1S/C16H12Br2ClN3O3/c17-8-5-10(14(23)11(18)6-8)13-12(19)16(25)22(13)21-15(24)7-1-3-9(20)4-2-7/h1-6,12-13,23H,20H2,(H,21,24)/t12-,13-/m0/s1. The fourth-order valence-electron chi connectivity index (χ4n) is 2.49. The fraction of sp³-hybridized carbons (Fsp3) is 0.125. The zero-order valence-corrected chi connectivity index (χ0v) is 16.5. The third-order valence-corrected chi connectivity index (χ3v) is 5.29. The Labute approximate surface area is 165 Å². The van der Waals surface area contributed by atoms with Gasteiger partial charge in [-0.05, 0) is 52.3 Å². The van der Waals surface area contributed by atoms with Crippen molar-refractivity contribution in [1.82, 2.24) is 10.4 Å². The molecule has 0 unspecified atom stereocenters. The summed E-state index contributed by atoms with van der Waals surface area (Å²) in [5.74, 6) is -0.973. The summed E-state index contributed by atoms with van der Waals surface area (Å²) in [7, 11) is 0. The Hall–Kier alpha value is -1.77. The largest absolute Gasteiger partial charge is 0.506 e. The second kappa shape index (κ2) is 6.86. The van der Waals surface area contributed by atoms with Crippen LogP contribution in [0.5, 0.6) is 5.75 Å². The summed E-state index contributed by atoms with van der Waals surface area (Å²) in [5.41, 5.74) is 9.41. The van der Waals surface area contributed by atoms with E-state index >= 15 is 0 Å². The zero-order valence-electron chi connectivity index (χ0n) is 12.5. The molecule has 1 fully saturated rings. The predicted octanol–water partition coefficient (Wildman–Crippen LogP) is 3.34. The number of phenolic OH excluding ortho intramolecular Hbond substituents is 1. The molecule has 6 nitrogen and oxygen atoms in total. The van der Waals surface area contributed by atoms with Crippen LogP contribution in [-0.2, 0) is 4.79 Å². The molecule has 0 radical (unpaired) electrons. The van der Waals surface area contributed by atoms with E-state index in [9.17, 15) is 14.7 Å². The molecule has 1 aliphatic heterocycles. The third-order valence-electron chi connectivity index (χ3n) is 3.80. The van der Waals surface area contributed by atoms with Gasteiger partial charge in [-0.3, -0.25) is 15.0 Å². The van der Waals surface area contributed by atoms with Gasteiger partial charge in [0.15, 0.2) is 0 Å². The fourth-order valence-corrected chi connectivity index (χ4v) is 4.11. The number of hydrogen-bond donors (Lipinski definition) is 3. The van der Waals surface area contributed by atoms with E-state index in [0.717, 1.165) is 5.01 Å². The van der Waals surface area contributed by atoms with Crippen LogP contribution in [0.3, 0.4) is 0 Å². The summed E-state index contributed by atoms with van der Waals surface area (Å²) in [6, 6.07) is 8.90. The van der Waals surface area contributed by atoms with E-state index in [0.29, 0.717) is 25.8 Å². The van der Waals surface area contributed by atoms with Crippen molar-refractivity contribution < 1.29 is 14.7 Å². The number of phenols is 1. The molecule has 1 heterocycles. The molecule has 1 aliphatic rings. The van der Waals surface area contributed by atoms with Gasteiger partial charge in [-0.15, -0.1) is 11.6 Å². The van der Waals surface area contributed by atoms with E-state index in [1.807, 2.05) is 0 Å². The number of anilines is 1. The number of nitrogens with two attached hydrogens (primary N) is 1. The minimum absolute atomic E-state index is 0.0434. The molecule has 2 atom stereocenters. The number of hydrazine groups is 1. The molecule has 0 aromatic heterocycles. The minimum atomic E-state index is -0.890. The number of nitrogens with zero attached hydrogens (tertiary/aromatic N) is 1. The van der Waals surface area contributed by atoms with Gasteiger partial charge in [0.05, 0.1) is 4.47 Å². The number of amides is 2. The van der Waals surface area contributed by atoms with Crippen LogP contribution in [0.4, 0.5) is 5.69 Å². The van der Waals surface area contributed by atoms with E-state index in [-0.39, 0.29) is 5.75 Å². The highest BCUT2D eigenvalue weighted by Crippen LogP contribution is 2.44. The molecule has 1 saturated heterocycles. The molecule has 9 heteroatoms.